The van der Waals surface area contributed by atoms with Crippen LogP contribution >= 0.6 is 27.7 Å². The average Bonchev–Trinajstić information content (AvgIpc) is 3.05. The van der Waals surface area contributed by atoms with Gasteiger partial charge in [-0.2, -0.15) is 8.75 Å². The molecule has 0 saturated carbocycles. The molecule has 3 rings (SSSR count). The standard InChI is InChI=1S/C14H13BrN4OS/c1-8(2)19-7-9(15)6-12(19)14(20)16-10-4-3-5-11-13(10)18-21-17-11/h3-8H,1-2H3,(H,16,20). The van der Waals surface area contributed by atoms with Crippen molar-refractivity contribution >= 4 is 50.3 Å². The summed E-state index contributed by atoms with van der Waals surface area (Å²) in [6, 6.07) is 7.58. The van der Waals surface area contributed by atoms with Crippen molar-refractivity contribution in [1.29, 1.82) is 0 Å². The van der Waals surface area contributed by atoms with Crippen LogP contribution in [0, 0.1) is 0 Å². The summed E-state index contributed by atoms with van der Waals surface area (Å²) in [4.78, 5) is 12.5. The first-order chi connectivity index (χ1) is 10.1. The summed E-state index contributed by atoms with van der Waals surface area (Å²) >= 11 is 4.56. The fraction of sp³-hybridized carbons (Fsp3) is 0.214. The van der Waals surface area contributed by atoms with Crippen molar-refractivity contribution in [3.63, 3.8) is 0 Å². The molecule has 2 heterocycles. The number of carbonyl (C=O) groups is 1. The number of aromatic nitrogens is 3. The molecule has 1 aromatic carbocycles. The van der Waals surface area contributed by atoms with Crippen LogP contribution in [-0.2, 0) is 0 Å². The molecule has 0 aliphatic carbocycles. The number of nitrogens with zero attached hydrogens (tertiary/aromatic N) is 3. The van der Waals surface area contributed by atoms with Gasteiger partial charge in [0.25, 0.3) is 5.91 Å². The van der Waals surface area contributed by atoms with E-state index in [4.69, 9.17) is 0 Å². The summed E-state index contributed by atoms with van der Waals surface area (Å²) in [6.07, 6.45) is 1.91. The number of halogens is 1. The number of anilines is 1. The monoisotopic (exact) mass is 364 g/mol. The lowest BCUT2D eigenvalue weighted by atomic mass is 10.2. The number of benzene rings is 1. The molecular weight excluding hydrogens is 352 g/mol. The van der Waals surface area contributed by atoms with Crippen molar-refractivity contribution in [2.24, 2.45) is 0 Å². The predicted molar refractivity (Wildman–Crippen MR) is 87.9 cm³/mol. The molecule has 0 bridgehead atoms. The van der Waals surface area contributed by atoms with Crippen LogP contribution in [0.2, 0.25) is 0 Å². The van der Waals surface area contributed by atoms with Gasteiger partial charge < -0.3 is 9.88 Å². The molecule has 1 amide bonds. The van der Waals surface area contributed by atoms with E-state index in [-0.39, 0.29) is 11.9 Å². The van der Waals surface area contributed by atoms with Crippen LogP contribution in [0.15, 0.2) is 34.9 Å². The van der Waals surface area contributed by atoms with E-state index in [1.54, 1.807) is 0 Å². The first-order valence-corrected chi connectivity index (χ1v) is 7.98. The molecule has 1 N–H and O–H groups in total. The summed E-state index contributed by atoms with van der Waals surface area (Å²) in [5.41, 5.74) is 2.80. The lowest BCUT2D eigenvalue weighted by Gasteiger charge is -2.12. The highest BCUT2D eigenvalue weighted by Crippen LogP contribution is 2.24. The lowest BCUT2D eigenvalue weighted by Crippen LogP contribution is -2.17. The molecule has 3 aromatic rings. The zero-order valence-electron chi connectivity index (χ0n) is 11.5. The number of amides is 1. The predicted octanol–water partition coefficient (Wildman–Crippen LogP) is 4.09. The van der Waals surface area contributed by atoms with E-state index < -0.39 is 0 Å². The molecule has 0 saturated heterocycles. The molecule has 0 aliphatic rings. The summed E-state index contributed by atoms with van der Waals surface area (Å²) in [7, 11) is 0. The number of fused-ring (bicyclic) bond motifs is 1. The van der Waals surface area contributed by atoms with E-state index >= 15 is 0 Å². The molecule has 2 aromatic heterocycles. The highest BCUT2D eigenvalue weighted by Gasteiger charge is 2.16. The third kappa shape index (κ3) is 2.71. The van der Waals surface area contributed by atoms with Crippen LogP contribution in [0.4, 0.5) is 5.69 Å². The first kappa shape index (κ1) is 14.2. The van der Waals surface area contributed by atoms with Crippen LogP contribution in [-0.4, -0.2) is 19.2 Å². The van der Waals surface area contributed by atoms with Crippen molar-refractivity contribution in [1.82, 2.24) is 13.3 Å². The fourth-order valence-electron chi connectivity index (χ4n) is 2.15. The molecule has 0 radical (unpaired) electrons. The van der Waals surface area contributed by atoms with E-state index in [1.165, 1.54) is 0 Å². The Labute approximate surface area is 134 Å². The van der Waals surface area contributed by atoms with Gasteiger partial charge in [-0.1, -0.05) is 6.07 Å². The number of carbonyl (C=O) groups excluding carboxylic acids is 1. The minimum atomic E-state index is -0.157. The van der Waals surface area contributed by atoms with Crippen LogP contribution < -0.4 is 5.32 Å². The Kier molecular flexibility index (Phi) is 3.77. The van der Waals surface area contributed by atoms with Gasteiger partial charge >= 0.3 is 0 Å². The normalized spacial score (nSPS) is 11.2. The van der Waals surface area contributed by atoms with Crippen LogP contribution in [0.1, 0.15) is 30.4 Å². The Bertz CT molecular complexity index is 808. The zero-order valence-corrected chi connectivity index (χ0v) is 13.9. The Hall–Kier alpha value is -1.73. The topological polar surface area (TPSA) is 59.8 Å². The van der Waals surface area contributed by atoms with Gasteiger partial charge in [0.15, 0.2) is 0 Å². The second-order valence-electron chi connectivity index (χ2n) is 4.94. The van der Waals surface area contributed by atoms with Crippen molar-refractivity contribution in [3.8, 4) is 0 Å². The molecule has 0 aliphatic heterocycles. The maximum Gasteiger partial charge on any atom is 0.272 e. The number of nitrogens with one attached hydrogen (secondary N) is 1. The maximum absolute atomic E-state index is 12.5. The van der Waals surface area contributed by atoms with E-state index in [0.717, 1.165) is 27.2 Å². The first-order valence-electron chi connectivity index (χ1n) is 6.46. The second-order valence-corrected chi connectivity index (χ2v) is 6.38. The highest BCUT2D eigenvalue weighted by atomic mass is 79.9. The molecular formula is C14H13BrN4OS. The average molecular weight is 365 g/mol. The molecule has 7 heteroatoms. The molecule has 0 spiro atoms. The van der Waals surface area contributed by atoms with E-state index in [2.05, 4.69) is 30.0 Å². The second kappa shape index (κ2) is 5.57. The molecule has 0 atom stereocenters. The van der Waals surface area contributed by atoms with Crippen LogP contribution in [0.25, 0.3) is 11.0 Å². The zero-order chi connectivity index (χ0) is 15.0. The third-order valence-electron chi connectivity index (χ3n) is 3.14. The molecule has 0 fully saturated rings. The van der Waals surface area contributed by atoms with Gasteiger partial charge in [0, 0.05) is 16.7 Å². The van der Waals surface area contributed by atoms with Gasteiger partial charge in [-0.25, -0.2) is 0 Å². The van der Waals surface area contributed by atoms with Gasteiger partial charge in [0.1, 0.15) is 16.7 Å². The molecule has 0 unspecified atom stereocenters. The summed E-state index contributed by atoms with van der Waals surface area (Å²) in [6.45, 7) is 4.07. The number of hydrogen-bond acceptors (Lipinski definition) is 4. The quantitative estimate of drug-likeness (QED) is 0.761. The van der Waals surface area contributed by atoms with Crippen molar-refractivity contribution in [3.05, 3.63) is 40.6 Å². The minimum absolute atomic E-state index is 0.157. The number of hydrogen-bond donors (Lipinski definition) is 1. The van der Waals surface area contributed by atoms with Crippen molar-refractivity contribution in [2.75, 3.05) is 5.32 Å². The molecule has 21 heavy (non-hydrogen) atoms. The smallest absolute Gasteiger partial charge is 0.272 e. The fourth-order valence-corrected chi connectivity index (χ4v) is 3.14. The molecule has 108 valence electrons. The molecule has 5 nitrogen and oxygen atoms in total. The Morgan fingerprint density at radius 3 is 2.95 bits per heavy atom. The Balaban J connectivity index is 1.95. The lowest BCUT2D eigenvalue weighted by molar-refractivity contribution is 0.101. The summed E-state index contributed by atoms with van der Waals surface area (Å²) in [5, 5.41) is 2.92. The number of rotatable bonds is 3. The summed E-state index contributed by atoms with van der Waals surface area (Å²) < 4.78 is 11.2. The van der Waals surface area contributed by atoms with Gasteiger partial charge in [-0.15, -0.1) is 0 Å². The SMILES string of the molecule is CC(C)n1cc(Br)cc1C(=O)Nc1cccc2nsnc12. The van der Waals surface area contributed by atoms with E-state index in [0.29, 0.717) is 11.4 Å². The minimum Gasteiger partial charge on any atom is -0.340 e. The van der Waals surface area contributed by atoms with Crippen LogP contribution in [0.3, 0.4) is 0 Å². The van der Waals surface area contributed by atoms with Gasteiger partial charge in [0.2, 0.25) is 0 Å². The third-order valence-corrected chi connectivity index (χ3v) is 4.11. The highest BCUT2D eigenvalue weighted by molar-refractivity contribution is 9.10. The van der Waals surface area contributed by atoms with Gasteiger partial charge in [-0.3, -0.25) is 4.79 Å². The largest absolute Gasteiger partial charge is 0.340 e. The van der Waals surface area contributed by atoms with Gasteiger partial charge in [-0.05, 0) is 48.0 Å². The Morgan fingerprint density at radius 1 is 1.38 bits per heavy atom. The van der Waals surface area contributed by atoms with Crippen molar-refractivity contribution < 1.29 is 4.79 Å². The maximum atomic E-state index is 12.5. The van der Waals surface area contributed by atoms with Crippen LogP contribution in [0.5, 0.6) is 0 Å². The Morgan fingerprint density at radius 2 is 2.19 bits per heavy atom. The van der Waals surface area contributed by atoms with E-state index in [9.17, 15) is 4.79 Å². The van der Waals surface area contributed by atoms with E-state index in [1.807, 2.05) is 48.9 Å². The summed E-state index contributed by atoms with van der Waals surface area (Å²) in [5.74, 6) is -0.157. The van der Waals surface area contributed by atoms with Gasteiger partial charge in [0.05, 0.1) is 17.4 Å². The van der Waals surface area contributed by atoms with Crippen molar-refractivity contribution in [2.45, 2.75) is 19.9 Å².